The number of halogens is 1. The van der Waals surface area contributed by atoms with E-state index in [2.05, 4.69) is 23.3 Å². The number of thiophene rings is 1. The van der Waals surface area contributed by atoms with E-state index in [0.29, 0.717) is 5.02 Å². The minimum atomic E-state index is -0.186. The number of aromatic nitrogens is 2. The van der Waals surface area contributed by atoms with E-state index in [9.17, 15) is 4.79 Å². The number of carbonyl (C=O) groups excluding carboxylic acids is 1. The minimum Gasteiger partial charge on any atom is -0.287 e. The summed E-state index contributed by atoms with van der Waals surface area (Å²) in [5, 5.41) is 4.44. The molecule has 0 radical (unpaired) electrons. The van der Waals surface area contributed by atoms with Crippen LogP contribution in [0, 0.1) is 0 Å². The van der Waals surface area contributed by atoms with Gasteiger partial charge < -0.3 is 0 Å². The van der Waals surface area contributed by atoms with Crippen molar-refractivity contribution in [3.63, 3.8) is 0 Å². The molecule has 0 fully saturated rings. The second-order valence-corrected chi connectivity index (χ2v) is 6.77. The lowest BCUT2D eigenvalue weighted by Crippen LogP contribution is -1.98. The van der Waals surface area contributed by atoms with Gasteiger partial charge in [0.1, 0.15) is 0 Å². The van der Waals surface area contributed by atoms with E-state index in [1.807, 2.05) is 30.3 Å². The Morgan fingerprint density at radius 1 is 1.26 bits per heavy atom. The summed E-state index contributed by atoms with van der Waals surface area (Å²) in [5.74, 6) is -0.186. The molecule has 0 N–H and O–H groups in total. The number of allylic oxidation sites excluding steroid dienone is 1. The highest BCUT2D eigenvalue weighted by molar-refractivity contribution is 7.12. The molecule has 1 aromatic carbocycles. The second-order valence-electron chi connectivity index (χ2n) is 5.16. The molecule has 3 aromatic rings. The van der Waals surface area contributed by atoms with Gasteiger partial charge in [-0.05, 0) is 29.8 Å². The zero-order valence-electron chi connectivity index (χ0n) is 12.6. The molecular formula is C18H15ClN2OS. The summed E-state index contributed by atoms with van der Waals surface area (Å²) >= 11 is 7.66. The van der Waals surface area contributed by atoms with Gasteiger partial charge in [0.2, 0.25) is 5.78 Å². The van der Waals surface area contributed by atoms with Crippen molar-refractivity contribution in [2.75, 3.05) is 0 Å². The zero-order valence-corrected chi connectivity index (χ0v) is 14.1. The van der Waals surface area contributed by atoms with E-state index in [4.69, 9.17) is 11.6 Å². The van der Waals surface area contributed by atoms with Crippen LogP contribution in [0.15, 0.2) is 54.7 Å². The van der Waals surface area contributed by atoms with Crippen molar-refractivity contribution in [3.05, 3.63) is 80.8 Å². The Kier molecular flexibility index (Phi) is 4.74. The number of carbonyl (C=O) groups is 1. The molecule has 0 bridgehead atoms. The van der Waals surface area contributed by atoms with Crippen molar-refractivity contribution in [2.24, 2.45) is 7.05 Å². The standard InChI is InChI=1S/C18H15ClN2OS/c1-21-12-16(19)18(20-21)17(22)10-9-14-7-8-15(23-14)11-13-5-3-2-4-6-13/h2-10,12H,11H2,1H3/b10-9+. The topological polar surface area (TPSA) is 34.9 Å². The third-order valence-electron chi connectivity index (χ3n) is 3.32. The molecule has 0 saturated carbocycles. The molecule has 23 heavy (non-hydrogen) atoms. The van der Waals surface area contributed by atoms with Crippen LogP contribution in [0.5, 0.6) is 0 Å². The third-order valence-corrected chi connectivity index (χ3v) is 4.65. The van der Waals surface area contributed by atoms with E-state index in [1.165, 1.54) is 21.2 Å². The van der Waals surface area contributed by atoms with Gasteiger partial charge in [-0.15, -0.1) is 11.3 Å². The summed E-state index contributed by atoms with van der Waals surface area (Å²) in [6, 6.07) is 14.4. The molecular weight excluding hydrogens is 328 g/mol. The number of ketones is 1. The van der Waals surface area contributed by atoms with Gasteiger partial charge in [0.25, 0.3) is 0 Å². The first-order chi connectivity index (χ1) is 11.1. The van der Waals surface area contributed by atoms with Gasteiger partial charge in [0.15, 0.2) is 5.69 Å². The fraction of sp³-hybridized carbons (Fsp3) is 0.111. The lowest BCUT2D eigenvalue weighted by Gasteiger charge is -1.96. The zero-order chi connectivity index (χ0) is 16.2. The van der Waals surface area contributed by atoms with Crippen molar-refractivity contribution in [1.29, 1.82) is 0 Å². The normalized spacial score (nSPS) is 11.2. The maximum absolute atomic E-state index is 12.1. The fourth-order valence-corrected chi connectivity index (χ4v) is 3.46. The average Bonchev–Trinajstić information content (AvgIpc) is 3.12. The van der Waals surface area contributed by atoms with Crippen LogP contribution >= 0.6 is 22.9 Å². The summed E-state index contributed by atoms with van der Waals surface area (Å²) in [6.45, 7) is 0. The molecule has 2 heterocycles. The summed E-state index contributed by atoms with van der Waals surface area (Å²) in [4.78, 5) is 14.4. The SMILES string of the molecule is Cn1cc(Cl)c(C(=O)/C=C/c2ccc(Cc3ccccc3)s2)n1. The molecule has 0 aliphatic heterocycles. The first-order valence-electron chi connectivity index (χ1n) is 7.16. The lowest BCUT2D eigenvalue weighted by molar-refractivity contribution is 0.104. The molecule has 0 spiro atoms. The number of hydrogen-bond acceptors (Lipinski definition) is 3. The molecule has 5 heteroatoms. The monoisotopic (exact) mass is 342 g/mol. The van der Waals surface area contributed by atoms with Gasteiger partial charge in [-0.25, -0.2) is 0 Å². The smallest absolute Gasteiger partial charge is 0.207 e. The van der Waals surface area contributed by atoms with E-state index in [-0.39, 0.29) is 11.5 Å². The van der Waals surface area contributed by atoms with Crippen molar-refractivity contribution >= 4 is 34.8 Å². The highest BCUT2D eigenvalue weighted by Gasteiger charge is 2.11. The van der Waals surface area contributed by atoms with Gasteiger partial charge in [-0.2, -0.15) is 5.10 Å². The van der Waals surface area contributed by atoms with E-state index in [1.54, 1.807) is 24.6 Å². The Balaban J connectivity index is 1.69. The van der Waals surface area contributed by atoms with E-state index >= 15 is 0 Å². The summed E-state index contributed by atoms with van der Waals surface area (Å²) < 4.78 is 1.53. The Hall–Kier alpha value is -2.17. The van der Waals surface area contributed by atoms with Crippen LogP contribution in [-0.4, -0.2) is 15.6 Å². The molecule has 3 rings (SSSR count). The van der Waals surface area contributed by atoms with Crippen LogP contribution in [0.4, 0.5) is 0 Å². The number of rotatable bonds is 5. The van der Waals surface area contributed by atoms with Crippen LogP contribution in [0.1, 0.15) is 25.8 Å². The van der Waals surface area contributed by atoms with Gasteiger partial charge in [-0.3, -0.25) is 9.48 Å². The molecule has 0 atom stereocenters. The predicted molar refractivity (Wildman–Crippen MR) is 95.1 cm³/mol. The first kappa shape index (κ1) is 15.7. The van der Waals surface area contributed by atoms with Crippen LogP contribution in [0.25, 0.3) is 6.08 Å². The summed E-state index contributed by atoms with van der Waals surface area (Å²) in [6.07, 6.45) is 5.85. The van der Waals surface area contributed by atoms with Crippen molar-refractivity contribution in [1.82, 2.24) is 9.78 Å². The Morgan fingerprint density at radius 3 is 2.74 bits per heavy atom. The largest absolute Gasteiger partial charge is 0.287 e. The molecule has 0 amide bonds. The maximum atomic E-state index is 12.1. The fourth-order valence-electron chi connectivity index (χ4n) is 2.24. The van der Waals surface area contributed by atoms with E-state index in [0.717, 1.165) is 11.3 Å². The average molecular weight is 343 g/mol. The van der Waals surface area contributed by atoms with Crippen LogP contribution in [-0.2, 0) is 13.5 Å². The van der Waals surface area contributed by atoms with Crippen LogP contribution in [0.2, 0.25) is 5.02 Å². The van der Waals surface area contributed by atoms with Crippen LogP contribution in [0.3, 0.4) is 0 Å². The molecule has 0 aliphatic carbocycles. The van der Waals surface area contributed by atoms with Gasteiger partial charge >= 0.3 is 0 Å². The van der Waals surface area contributed by atoms with Crippen molar-refractivity contribution < 1.29 is 4.79 Å². The Bertz CT molecular complexity index is 849. The maximum Gasteiger partial charge on any atom is 0.207 e. The third kappa shape index (κ3) is 3.97. The highest BCUT2D eigenvalue weighted by Crippen LogP contribution is 2.22. The van der Waals surface area contributed by atoms with Gasteiger partial charge in [-0.1, -0.05) is 41.9 Å². The molecule has 0 unspecified atom stereocenters. The summed E-state index contributed by atoms with van der Waals surface area (Å²) in [5.41, 5.74) is 1.56. The predicted octanol–water partition coefficient (Wildman–Crippen LogP) is 4.62. The Labute approximate surface area is 143 Å². The molecule has 2 aromatic heterocycles. The molecule has 116 valence electrons. The molecule has 3 nitrogen and oxygen atoms in total. The molecule has 0 saturated heterocycles. The minimum absolute atomic E-state index is 0.186. The highest BCUT2D eigenvalue weighted by atomic mass is 35.5. The van der Waals surface area contributed by atoms with Crippen LogP contribution < -0.4 is 0 Å². The van der Waals surface area contributed by atoms with E-state index < -0.39 is 0 Å². The number of aryl methyl sites for hydroxylation is 1. The quantitative estimate of drug-likeness (QED) is 0.501. The van der Waals surface area contributed by atoms with Gasteiger partial charge in [0, 0.05) is 29.4 Å². The number of benzene rings is 1. The van der Waals surface area contributed by atoms with Gasteiger partial charge in [0.05, 0.1) is 5.02 Å². The first-order valence-corrected chi connectivity index (χ1v) is 8.35. The summed E-state index contributed by atoms with van der Waals surface area (Å²) in [7, 11) is 1.74. The van der Waals surface area contributed by atoms with Crippen molar-refractivity contribution in [2.45, 2.75) is 6.42 Å². The molecule has 0 aliphatic rings. The number of hydrogen-bond donors (Lipinski definition) is 0. The van der Waals surface area contributed by atoms with Crippen molar-refractivity contribution in [3.8, 4) is 0 Å². The Morgan fingerprint density at radius 2 is 2.04 bits per heavy atom. The second kappa shape index (κ2) is 6.94. The lowest BCUT2D eigenvalue weighted by atomic mass is 10.1. The number of nitrogens with zero attached hydrogens (tertiary/aromatic N) is 2.